The third-order valence-corrected chi connectivity index (χ3v) is 2.30. The number of hydrogen-bond acceptors (Lipinski definition) is 3. The number of rotatable bonds is 3. The van der Waals surface area contributed by atoms with Gasteiger partial charge in [0.25, 0.3) is 0 Å². The average Bonchev–Trinajstić information content (AvgIpc) is 2.07. The molecule has 1 aromatic heterocycles. The van der Waals surface area contributed by atoms with Crippen LogP contribution in [0.3, 0.4) is 0 Å². The van der Waals surface area contributed by atoms with Gasteiger partial charge in [-0.25, -0.2) is 9.97 Å². The maximum Gasteiger partial charge on any atom is 0.132 e. The fourth-order valence-corrected chi connectivity index (χ4v) is 1.45. The van der Waals surface area contributed by atoms with Gasteiger partial charge in [-0.1, -0.05) is 0 Å². The van der Waals surface area contributed by atoms with Crippen LogP contribution in [0, 0.1) is 3.70 Å². The van der Waals surface area contributed by atoms with Crippen molar-refractivity contribution in [1.29, 1.82) is 0 Å². The Labute approximate surface area is 86.4 Å². The molecule has 1 heterocycles. The fraction of sp³-hybridized carbons (Fsp3) is 0.500. The van der Waals surface area contributed by atoms with Gasteiger partial charge >= 0.3 is 0 Å². The summed E-state index contributed by atoms with van der Waals surface area (Å²) in [4.78, 5) is 10.4. The summed E-state index contributed by atoms with van der Waals surface area (Å²) in [6.07, 6.45) is 1.61. The van der Waals surface area contributed by atoms with Crippen LogP contribution >= 0.6 is 22.6 Å². The molecule has 0 fully saturated rings. The monoisotopic (exact) mass is 277 g/mol. The van der Waals surface area contributed by atoms with Gasteiger partial charge < -0.3 is 4.90 Å². The van der Waals surface area contributed by atoms with Crippen molar-refractivity contribution < 1.29 is 0 Å². The molecule has 0 radical (unpaired) electrons. The van der Waals surface area contributed by atoms with E-state index in [4.69, 9.17) is 0 Å². The second-order valence-electron chi connectivity index (χ2n) is 2.37. The van der Waals surface area contributed by atoms with Gasteiger partial charge in [0.2, 0.25) is 0 Å². The van der Waals surface area contributed by atoms with Gasteiger partial charge in [0, 0.05) is 19.2 Å². The zero-order chi connectivity index (χ0) is 8.97. The van der Waals surface area contributed by atoms with Crippen molar-refractivity contribution in [3.05, 3.63) is 16.1 Å². The minimum Gasteiger partial charge on any atom is -0.357 e. The molecule has 0 saturated heterocycles. The van der Waals surface area contributed by atoms with E-state index >= 15 is 0 Å². The normalized spacial score (nSPS) is 9.92. The lowest BCUT2D eigenvalue weighted by Crippen LogP contribution is -2.23. The Bertz CT molecular complexity index is 248. The smallest absolute Gasteiger partial charge is 0.132 e. The summed E-state index contributed by atoms with van der Waals surface area (Å²) in [5, 5.41) is 0. The van der Waals surface area contributed by atoms with Crippen LogP contribution in [-0.2, 0) is 0 Å². The second kappa shape index (κ2) is 4.59. The molecule has 0 atom stereocenters. The van der Waals surface area contributed by atoms with Crippen molar-refractivity contribution in [3.8, 4) is 0 Å². The maximum absolute atomic E-state index is 4.19. The maximum atomic E-state index is 4.19. The fourth-order valence-electron chi connectivity index (χ4n) is 1.04. The number of hydrogen-bond donors (Lipinski definition) is 0. The minimum absolute atomic E-state index is 0.990. The number of nitrogens with zero attached hydrogens (tertiary/aromatic N) is 3. The van der Waals surface area contributed by atoms with Crippen molar-refractivity contribution in [2.24, 2.45) is 0 Å². The van der Waals surface area contributed by atoms with Crippen LogP contribution in [0.15, 0.2) is 12.4 Å². The molecular formula is C8H12IN3. The molecule has 0 aliphatic heterocycles. The Morgan fingerprint density at radius 2 is 2.00 bits per heavy atom. The van der Waals surface area contributed by atoms with E-state index in [0.29, 0.717) is 0 Å². The highest BCUT2D eigenvalue weighted by Crippen LogP contribution is 2.11. The van der Waals surface area contributed by atoms with Crippen LogP contribution in [0.2, 0.25) is 0 Å². The first kappa shape index (κ1) is 9.70. The van der Waals surface area contributed by atoms with E-state index in [1.165, 1.54) is 0 Å². The Hall–Kier alpha value is -0.390. The minimum atomic E-state index is 0.990. The highest BCUT2D eigenvalue weighted by atomic mass is 127. The van der Waals surface area contributed by atoms with Crippen molar-refractivity contribution in [2.45, 2.75) is 13.8 Å². The number of anilines is 1. The quantitative estimate of drug-likeness (QED) is 0.624. The van der Waals surface area contributed by atoms with Crippen LogP contribution in [0.25, 0.3) is 0 Å². The summed E-state index contributed by atoms with van der Waals surface area (Å²) in [5.74, 6) is 1.01. The Kier molecular flexibility index (Phi) is 3.71. The Morgan fingerprint density at radius 3 is 2.50 bits per heavy atom. The van der Waals surface area contributed by atoms with E-state index in [9.17, 15) is 0 Å². The predicted octanol–water partition coefficient (Wildman–Crippen LogP) is 1.93. The molecule has 66 valence electrons. The van der Waals surface area contributed by atoms with E-state index in [-0.39, 0.29) is 0 Å². The van der Waals surface area contributed by atoms with E-state index in [1.54, 1.807) is 6.33 Å². The number of halogens is 1. The summed E-state index contributed by atoms with van der Waals surface area (Å²) in [6.45, 7) is 6.23. The predicted molar refractivity (Wildman–Crippen MR) is 58.3 cm³/mol. The van der Waals surface area contributed by atoms with Crippen molar-refractivity contribution in [3.63, 3.8) is 0 Å². The Balaban J connectivity index is 2.85. The molecule has 0 aliphatic rings. The molecule has 0 amide bonds. The third kappa shape index (κ3) is 2.30. The number of aromatic nitrogens is 2. The first-order valence-corrected chi connectivity index (χ1v) is 5.08. The SMILES string of the molecule is CCN(CC)c1cc(I)ncn1. The molecule has 0 aliphatic carbocycles. The summed E-state index contributed by atoms with van der Waals surface area (Å²) >= 11 is 2.19. The van der Waals surface area contributed by atoms with Gasteiger partial charge in [0.15, 0.2) is 0 Å². The highest BCUT2D eigenvalue weighted by molar-refractivity contribution is 14.1. The van der Waals surface area contributed by atoms with Crippen molar-refractivity contribution in [2.75, 3.05) is 18.0 Å². The van der Waals surface area contributed by atoms with E-state index < -0.39 is 0 Å². The summed E-state index contributed by atoms with van der Waals surface area (Å²) in [6, 6.07) is 1.99. The van der Waals surface area contributed by atoms with Crippen LogP contribution in [-0.4, -0.2) is 23.1 Å². The van der Waals surface area contributed by atoms with Gasteiger partial charge in [-0.05, 0) is 36.4 Å². The van der Waals surface area contributed by atoms with Gasteiger partial charge in [-0.15, -0.1) is 0 Å². The molecular weight excluding hydrogens is 265 g/mol. The van der Waals surface area contributed by atoms with Crippen LogP contribution in [0.5, 0.6) is 0 Å². The van der Waals surface area contributed by atoms with Crippen LogP contribution in [0.1, 0.15) is 13.8 Å². The summed E-state index contributed by atoms with van der Waals surface area (Å²) in [7, 11) is 0. The van der Waals surface area contributed by atoms with Crippen LogP contribution < -0.4 is 4.90 Å². The van der Waals surface area contributed by atoms with Gasteiger partial charge in [-0.3, -0.25) is 0 Å². The van der Waals surface area contributed by atoms with Gasteiger partial charge in [0.1, 0.15) is 15.8 Å². The molecule has 0 spiro atoms. The van der Waals surface area contributed by atoms with E-state index in [0.717, 1.165) is 22.6 Å². The molecule has 3 nitrogen and oxygen atoms in total. The molecule has 0 aromatic carbocycles. The molecule has 1 rings (SSSR count). The average molecular weight is 277 g/mol. The Morgan fingerprint density at radius 1 is 1.33 bits per heavy atom. The van der Waals surface area contributed by atoms with Gasteiger partial charge in [-0.2, -0.15) is 0 Å². The first-order chi connectivity index (χ1) is 5.77. The molecule has 1 aromatic rings. The second-order valence-corrected chi connectivity index (χ2v) is 3.48. The van der Waals surface area contributed by atoms with Gasteiger partial charge in [0.05, 0.1) is 0 Å². The standard InChI is InChI=1S/C8H12IN3/c1-3-12(4-2)8-5-7(9)10-6-11-8/h5-6H,3-4H2,1-2H3. The summed E-state index contributed by atoms with van der Waals surface area (Å²) < 4.78 is 0.990. The zero-order valence-electron chi connectivity index (χ0n) is 7.29. The third-order valence-electron chi connectivity index (χ3n) is 1.71. The lowest BCUT2D eigenvalue weighted by molar-refractivity contribution is 0.839. The topological polar surface area (TPSA) is 29.0 Å². The molecule has 0 unspecified atom stereocenters. The van der Waals surface area contributed by atoms with Crippen molar-refractivity contribution >= 4 is 28.4 Å². The van der Waals surface area contributed by atoms with Crippen LogP contribution in [0.4, 0.5) is 5.82 Å². The largest absolute Gasteiger partial charge is 0.357 e. The lowest BCUT2D eigenvalue weighted by Gasteiger charge is -2.18. The molecule has 0 saturated carbocycles. The zero-order valence-corrected chi connectivity index (χ0v) is 9.45. The molecule has 0 N–H and O–H groups in total. The molecule has 4 heteroatoms. The van der Waals surface area contributed by atoms with Crippen molar-refractivity contribution in [1.82, 2.24) is 9.97 Å². The molecule has 0 bridgehead atoms. The highest BCUT2D eigenvalue weighted by Gasteiger charge is 2.02. The van der Waals surface area contributed by atoms with E-state index in [1.807, 2.05) is 6.07 Å². The molecule has 12 heavy (non-hydrogen) atoms. The lowest BCUT2D eigenvalue weighted by atomic mass is 10.4. The summed E-state index contributed by atoms with van der Waals surface area (Å²) in [5.41, 5.74) is 0. The van der Waals surface area contributed by atoms with E-state index in [2.05, 4.69) is 51.3 Å². The first-order valence-electron chi connectivity index (χ1n) is 4.00.